The predicted molar refractivity (Wildman–Crippen MR) is 53.6 cm³/mol. The fraction of sp³-hybridized carbons (Fsp3) is 0.364. The molecular weight excluding hydrogens is 180 g/mol. The molecule has 0 amide bonds. The minimum absolute atomic E-state index is 0.306. The SMILES string of the molecule is CCCCOC(=O)C=Cc1ccoc1. The van der Waals surface area contributed by atoms with Gasteiger partial charge in [-0.3, -0.25) is 0 Å². The maximum atomic E-state index is 11.1. The van der Waals surface area contributed by atoms with Crippen molar-refractivity contribution < 1.29 is 13.9 Å². The van der Waals surface area contributed by atoms with Crippen molar-refractivity contribution in [2.75, 3.05) is 6.61 Å². The number of carbonyl (C=O) groups excluding carboxylic acids is 1. The molecule has 1 heterocycles. The first-order valence-electron chi connectivity index (χ1n) is 4.70. The molecule has 0 fully saturated rings. The minimum Gasteiger partial charge on any atom is -0.472 e. The van der Waals surface area contributed by atoms with Crippen molar-refractivity contribution in [3.8, 4) is 0 Å². The summed E-state index contributed by atoms with van der Waals surface area (Å²) in [7, 11) is 0. The number of carbonyl (C=O) groups is 1. The van der Waals surface area contributed by atoms with Gasteiger partial charge in [-0.05, 0) is 18.6 Å². The molecule has 3 heteroatoms. The standard InChI is InChI=1S/C11H14O3/c1-2-3-7-14-11(12)5-4-10-6-8-13-9-10/h4-6,8-9H,2-3,7H2,1H3. The third-order valence-electron chi connectivity index (χ3n) is 1.70. The molecule has 14 heavy (non-hydrogen) atoms. The van der Waals surface area contributed by atoms with Gasteiger partial charge < -0.3 is 9.15 Å². The molecule has 0 aromatic carbocycles. The number of hydrogen-bond acceptors (Lipinski definition) is 3. The van der Waals surface area contributed by atoms with Gasteiger partial charge >= 0.3 is 5.97 Å². The molecule has 1 aromatic rings. The van der Waals surface area contributed by atoms with Crippen molar-refractivity contribution >= 4 is 12.0 Å². The topological polar surface area (TPSA) is 39.4 Å². The van der Waals surface area contributed by atoms with E-state index in [0.29, 0.717) is 6.61 Å². The van der Waals surface area contributed by atoms with Gasteiger partial charge in [-0.2, -0.15) is 0 Å². The van der Waals surface area contributed by atoms with Crippen LogP contribution in [0.1, 0.15) is 25.3 Å². The molecule has 3 nitrogen and oxygen atoms in total. The molecule has 0 N–H and O–H groups in total. The van der Waals surface area contributed by atoms with Crippen LogP contribution in [0.2, 0.25) is 0 Å². The van der Waals surface area contributed by atoms with Gasteiger partial charge in [-0.15, -0.1) is 0 Å². The summed E-state index contributed by atoms with van der Waals surface area (Å²) >= 11 is 0. The number of esters is 1. The smallest absolute Gasteiger partial charge is 0.330 e. The zero-order valence-electron chi connectivity index (χ0n) is 8.23. The third kappa shape index (κ3) is 3.94. The Morgan fingerprint density at radius 3 is 3.14 bits per heavy atom. The maximum absolute atomic E-state index is 11.1. The Balaban J connectivity index is 2.26. The summed E-state index contributed by atoms with van der Waals surface area (Å²) in [6, 6.07) is 1.77. The van der Waals surface area contributed by atoms with E-state index in [1.54, 1.807) is 24.7 Å². The molecule has 0 bridgehead atoms. The zero-order valence-corrected chi connectivity index (χ0v) is 8.23. The average Bonchev–Trinajstić information content (AvgIpc) is 2.68. The van der Waals surface area contributed by atoms with Crippen LogP contribution in [0.4, 0.5) is 0 Å². The summed E-state index contributed by atoms with van der Waals surface area (Å²) in [6.07, 6.45) is 8.13. The van der Waals surface area contributed by atoms with Crippen LogP contribution in [0, 0.1) is 0 Å². The van der Waals surface area contributed by atoms with E-state index in [9.17, 15) is 4.79 Å². The molecule has 0 saturated heterocycles. The lowest BCUT2D eigenvalue weighted by Crippen LogP contribution is -2.01. The predicted octanol–water partition coefficient (Wildman–Crippen LogP) is 2.64. The van der Waals surface area contributed by atoms with Crippen LogP contribution in [0.25, 0.3) is 6.08 Å². The number of hydrogen-bond donors (Lipinski definition) is 0. The Kier molecular flexibility index (Phi) is 4.55. The first-order valence-corrected chi connectivity index (χ1v) is 4.70. The second-order valence-electron chi connectivity index (χ2n) is 2.91. The van der Waals surface area contributed by atoms with E-state index in [-0.39, 0.29) is 5.97 Å². The second-order valence-corrected chi connectivity index (χ2v) is 2.91. The average molecular weight is 194 g/mol. The van der Waals surface area contributed by atoms with Crippen molar-refractivity contribution in [2.45, 2.75) is 19.8 Å². The number of unbranched alkanes of at least 4 members (excludes halogenated alkanes) is 1. The highest BCUT2D eigenvalue weighted by Gasteiger charge is 1.95. The van der Waals surface area contributed by atoms with Gasteiger partial charge in [0.2, 0.25) is 0 Å². The van der Waals surface area contributed by atoms with E-state index in [4.69, 9.17) is 9.15 Å². The lowest BCUT2D eigenvalue weighted by Gasteiger charge is -1.98. The van der Waals surface area contributed by atoms with Crippen molar-refractivity contribution in [3.63, 3.8) is 0 Å². The minimum atomic E-state index is -0.306. The molecule has 0 aliphatic heterocycles. The normalized spacial score (nSPS) is 10.6. The lowest BCUT2D eigenvalue weighted by molar-refractivity contribution is -0.137. The Morgan fingerprint density at radius 2 is 2.50 bits per heavy atom. The third-order valence-corrected chi connectivity index (χ3v) is 1.70. The van der Waals surface area contributed by atoms with Crippen molar-refractivity contribution in [2.24, 2.45) is 0 Å². The van der Waals surface area contributed by atoms with Gasteiger partial charge in [0.05, 0.1) is 19.1 Å². The molecule has 0 unspecified atom stereocenters. The molecule has 0 spiro atoms. The molecule has 76 valence electrons. The fourth-order valence-corrected chi connectivity index (χ4v) is 0.899. The molecule has 1 aromatic heterocycles. The van der Waals surface area contributed by atoms with E-state index in [0.717, 1.165) is 18.4 Å². The highest BCUT2D eigenvalue weighted by Crippen LogP contribution is 2.02. The van der Waals surface area contributed by atoms with E-state index in [1.165, 1.54) is 6.08 Å². The Hall–Kier alpha value is -1.51. The molecule has 0 atom stereocenters. The van der Waals surface area contributed by atoms with Gasteiger partial charge in [-0.25, -0.2) is 4.79 Å². The summed E-state index contributed by atoms with van der Waals surface area (Å²) in [5, 5.41) is 0. The van der Waals surface area contributed by atoms with Crippen molar-refractivity contribution in [1.82, 2.24) is 0 Å². The summed E-state index contributed by atoms with van der Waals surface area (Å²) in [5.74, 6) is -0.306. The summed E-state index contributed by atoms with van der Waals surface area (Å²) in [5.41, 5.74) is 0.859. The highest BCUT2D eigenvalue weighted by molar-refractivity contribution is 5.86. The number of rotatable bonds is 5. The van der Waals surface area contributed by atoms with E-state index < -0.39 is 0 Å². The monoisotopic (exact) mass is 194 g/mol. The summed E-state index contributed by atoms with van der Waals surface area (Å²) < 4.78 is 9.77. The highest BCUT2D eigenvalue weighted by atomic mass is 16.5. The Morgan fingerprint density at radius 1 is 1.64 bits per heavy atom. The molecule has 1 rings (SSSR count). The van der Waals surface area contributed by atoms with Crippen LogP contribution < -0.4 is 0 Å². The van der Waals surface area contributed by atoms with Gasteiger partial charge in [0.15, 0.2) is 0 Å². The van der Waals surface area contributed by atoms with E-state index in [2.05, 4.69) is 6.92 Å². The van der Waals surface area contributed by atoms with Crippen LogP contribution in [0.15, 0.2) is 29.1 Å². The van der Waals surface area contributed by atoms with E-state index in [1.807, 2.05) is 0 Å². The van der Waals surface area contributed by atoms with Crippen molar-refractivity contribution in [3.05, 3.63) is 30.2 Å². The van der Waals surface area contributed by atoms with Crippen LogP contribution in [0.5, 0.6) is 0 Å². The van der Waals surface area contributed by atoms with Gasteiger partial charge in [0, 0.05) is 11.6 Å². The van der Waals surface area contributed by atoms with Crippen molar-refractivity contribution in [1.29, 1.82) is 0 Å². The maximum Gasteiger partial charge on any atom is 0.330 e. The van der Waals surface area contributed by atoms with Crippen LogP contribution in [-0.4, -0.2) is 12.6 Å². The lowest BCUT2D eigenvalue weighted by atomic mass is 10.3. The molecule has 0 aliphatic carbocycles. The largest absolute Gasteiger partial charge is 0.472 e. The quantitative estimate of drug-likeness (QED) is 0.411. The van der Waals surface area contributed by atoms with Crippen LogP contribution >= 0.6 is 0 Å². The van der Waals surface area contributed by atoms with E-state index >= 15 is 0 Å². The molecule has 0 saturated carbocycles. The van der Waals surface area contributed by atoms with Crippen LogP contribution in [0.3, 0.4) is 0 Å². The first kappa shape index (κ1) is 10.6. The Bertz CT molecular complexity index is 285. The van der Waals surface area contributed by atoms with Gasteiger partial charge in [0.1, 0.15) is 0 Å². The summed E-state index contributed by atoms with van der Waals surface area (Å²) in [4.78, 5) is 11.1. The Labute approximate surface area is 83.4 Å². The van der Waals surface area contributed by atoms with Gasteiger partial charge in [-0.1, -0.05) is 13.3 Å². The first-order chi connectivity index (χ1) is 6.83. The number of furan rings is 1. The molecule has 0 radical (unpaired) electrons. The molecule has 0 aliphatic rings. The fourth-order valence-electron chi connectivity index (χ4n) is 0.899. The summed E-state index contributed by atoms with van der Waals surface area (Å²) in [6.45, 7) is 2.54. The zero-order chi connectivity index (χ0) is 10.2. The van der Waals surface area contributed by atoms with Gasteiger partial charge in [0.25, 0.3) is 0 Å². The molecular formula is C11H14O3. The second kappa shape index (κ2) is 6.02. The number of ether oxygens (including phenoxy) is 1. The van der Waals surface area contributed by atoms with Crippen LogP contribution in [-0.2, 0) is 9.53 Å².